The van der Waals surface area contributed by atoms with Gasteiger partial charge in [0.15, 0.2) is 5.60 Å². The van der Waals surface area contributed by atoms with Gasteiger partial charge in [0.25, 0.3) is 0 Å². The molecule has 1 aromatic carbocycles. The van der Waals surface area contributed by atoms with E-state index in [1.807, 2.05) is 12.1 Å². The van der Waals surface area contributed by atoms with E-state index in [2.05, 4.69) is 5.32 Å². The van der Waals surface area contributed by atoms with Crippen molar-refractivity contribution in [3.63, 3.8) is 0 Å². The minimum Gasteiger partial charge on any atom is -0.479 e. The quantitative estimate of drug-likeness (QED) is 0.657. The average Bonchev–Trinajstić information content (AvgIpc) is 2.62. The number of nitrogens with one attached hydrogen (secondary N) is 1. The van der Waals surface area contributed by atoms with Gasteiger partial charge < -0.3 is 14.5 Å². The van der Waals surface area contributed by atoms with Crippen LogP contribution < -0.4 is 15.7 Å². The highest BCUT2D eigenvalue weighted by molar-refractivity contribution is 6.28. The molecule has 0 radical (unpaired) electrons. The SMILES string of the molecule is CC1(C)Oc2ccc3ccc(=O)oc3c2/C(=C\NC2CCCCC2)C1=O. The van der Waals surface area contributed by atoms with Crippen molar-refractivity contribution in [3.05, 3.63) is 46.4 Å². The normalized spacial score (nSPS) is 21.5. The van der Waals surface area contributed by atoms with E-state index >= 15 is 0 Å². The molecule has 1 aliphatic heterocycles. The molecule has 5 heteroatoms. The Kier molecular flexibility index (Phi) is 4.10. The number of ether oxygens (including phenoxy) is 1. The molecule has 0 atom stereocenters. The van der Waals surface area contributed by atoms with E-state index in [1.165, 1.54) is 25.3 Å². The molecule has 0 unspecified atom stereocenters. The van der Waals surface area contributed by atoms with Crippen LogP contribution in [0.4, 0.5) is 0 Å². The molecule has 0 bridgehead atoms. The van der Waals surface area contributed by atoms with E-state index in [4.69, 9.17) is 9.15 Å². The summed E-state index contributed by atoms with van der Waals surface area (Å²) in [6, 6.07) is 7.14. The van der Waals surface area contributed by atoms with Gasteiger partial charge in [-0.1, -0.05) is 19.3 Å². The fourth-order valence-corrected chi connectivity index (χ4v) is 3.82. The number of benzene rings is 1. The van der Waals surface area contributed by atoms with Crippen LogP contribution in [0.2, 0.25) is 0 Å². The standard InChI is InChI=1S/C21H23NO4/c1-21(2)20(24)15(12-22-14-6-4-3-5-7-14)18-16(26-21)10-8-13-9-11-17(23)25-19(13)18/h8-12,14,22H,3-7H2,1-2H3/b15-12+. The van der Waals surface area contributed by atoms with E-state index in [0.717, 1.165) is 18.2 Å². The third kappa shape index (κ3) is 2.91. The molecular formula is C21H23NO4. The highest BCUT2D eigenvalue weighted by Gasteiger charge is 2.40. The summed E-state index contributed by atoms with van der Waals surface area (Å²) in [5, 5.41) is 4.19. The first kappa shape index (κ1) is 16.9. The molecular weight excluding hydrogens is 330 g/mol. The monoisotopic (exact) mass is 353 g/mol. The van der Waals surface area contributed by atoms with Crippen LogP contribution in [-0.2, 0) is 4.79 Å². The molecule has 4 rings (SSSR count). The van der Waals surface area contributed by atoms with E-state index in [0.29, 0.717) is 28.5 Å². The van der Waals surface area contributed by atoms with Crippen molar-refractivity contribution in [1.82, 2.24) is 5.32 Å². The molecule has 0 spiro atoms. The molecule has 2 heterocycles. The summed E-state index contributed by atoms with van der Waals surface area (Å²) < 4.78 is 11.4. The second kappa shape index (κ2) is 6.31. The first-order valence-corrected chi connectivity index (χ1v) is 9.23. The zero-order valence-electron chi connectivity index (χ0n) is 15.1. The van der Waals surface area contributed by atoms with Crippen LogP contribution >= 0.6 is 0 Å². The third-order valence-corrected chi connectivity index (χ3v) is 5.25. The van der Waals surface area contributed by atoms with Gasteiger partial charge in [0, 0.05) is 23.7 Å². The highest BCUT2D eigenvalue weighted by atomic mass is 16.5. The molecule has 0 amide bonds. The smallest absolute Gasteiger partial charge is 0.336 e. The summed E-state index contributed by atoms with van der Waals surface area (Å²) in [5.41, 5.74) is 0.0726. The Balaban J connectivity index is 1.85. The van der Waals surface area contributed by atoms with Gasteiger partial charge in [0.2, 0.25) is 5.78 Å². The van der Waals surface area contributed by atoms with Crippen LogP contribution in [0.5, 0.6) is 5.75 Å². The van der Waals surface area contributed by atoms with Crippen LogP contribution in [0.3, 0.4) is 0 Å². The molecule has 136 valence electrons. The molecule has 2 aromatic rings. The highest BCUT2D eigenvalue weighted by Crippen LogP contribution is 2.41. The molecule has 0 saturated heterocycles. The summed E-state index contributed by atoms with van der Waals surface area (Å²) in [5.74, 6) is 0.445. The van der Waals surface area contributed by atoms with Crippen molar-refractivity contribution in [3.8, 4) is 5.75 Å². The molecule has 2 aliphatic rings. The number of rotatable bonds is 2. The topological polar surface area (TPSA) is 68.5 Å². The minimum atomic E-state index is -0.962. The second-order valence-electron chi connectivity index (χ2n) is 7.61. The number of carbonyl (C=O) groups is 1. The van der Waals surface area contributed by atoms with Gasteiger partial charge in [-0.3, -0.25) is 4.79 Å². The first-order valence-electron chi connectivity index (χ1n) is 9.23. The van der Waals surface area contributed by atoms with Crippen molar-refractivity contribution in [2.24, 2.45) is 0 Å². The van der Waals surface area contributed by atoms with Crippen LogP contribution in [-0.4, -0.2) is 17.4 Å². The number of Topliss-reactive ketones (excluding diaryl/α,β-unsaturated/α-hetero) is 1. The zero-order chi connectivity index (χ0) is 18.3. The zero-order valence-corrected chi connectivity index (χ0v) is 15.1. The second-order valence-corrected chi connectivity index (χ2v) is 7.61. The number of fused-ring (bicyclic) bond motifs is 3. The molecule has 1 N–H and O–H groups in total. The summed E-state index contributed by atoms with van der Waals surface area (Å²) in [7, 11) is 0. The van der Waals surface area contributed by atoms with Crippen LogP contribution in [0.15, 0.2) is 39.7 Å². The van der Waals surface area contributed by atoms with Crippen molar-refractivity contribution in [2.45, 2.75) is 57.6 Å². The van der Waals surface area contributed by atoms with Gasteiger partial charge in [-0.2, -0.15) is 0 Å². The summed E-state index contributed by atoms with van der Waals surface area (Å²) >= 11 is 0. The summed E-state index contributed by atoms with van der Waals surface area (Å²) in [6.45, 7) is 3.52. The number of hydrogen-bond donors (Lipinski definition) is 1. The lowest BCUT2D eigenvalue weighted by molar-refractivity contribution is -0.126. The van der Waals surface area contributed by atoms with E-state index < -0.39 is 11.2 Å². The van der Waals surface area contributed by atoms with E-state index in [9.17, 15) is 9.59 Å². The van der Waals surface area contributed by atoms with E-state index in [1.54, 1.807) is 26.1 Å². The van der Waals surface area contributed by atoms with Crippen molar-refractivity contribution >= 4 is 22.3 Å². The predicted octanol–water partition coefficient (Wildman–Crippen LogP) is 3.80. The maximum Gasteiger partial charge on any atom is 0.336 e. The van der Waals surface area contributed by atoms with Crippen molar-refractivity contribution < 1.29 is 13.9 Å². The predicted molar refractivity (Wildman–Crippen MR) is 100 cm³/mol. The Morgan fingerprint density at radius 1 is 1.08 bits per heavy atom. The maximum absolute atomic E-state index is 13.1. The molecule has 5 nitrogen and oxygen atoms in total. The van der Waals surface area contributed by atoms with Crippen LogP contribution in [0.25, 0.3) is 16.5 Å². The van der Waals surface area contributed by atoms with Gasteiger partial charge in [-0.25, -0.2) is 4.79 Å². The maximum atomic E-state index is 13.1. The van der Waals surface area contributed by atoms with Gasteiger partial charge >= 0.3 is 5.63 Å². The molecule has 1 aliphatic carbocycles. The summed E-state index contributed by atoms with van der Waals surface area (Å²) in [4.78, 5) is 24.8. The Morgan fingerprint density at radius 3 is 2.58 bits per heavy atom. The lowest BCUT2D eigenvalue weighted by Gasteiger charge is -2.33. The van der Waals surface area contributed by atoms with Gasteiger partial charge in [-0.05, 0) is 44.9 Å². The lowest BCUT2D eigenvalue weighted by atomic mass is 9.87. The van der Waals surface area contributed by atoms with Gasteiger partial charge in [0.1, 0.15) is 11.3 Å². The van der Waals surface area contributed by atoms with Crippen LogP contribution in [0, 0.1) is 0 Å². The number of carbonyl (C=O) groups excluding carboxylic acids is 1. The first-order chi connectivity index (χ1) is 12.5. The largest absolute Gasteiger partial charge is 0.479 e. The fraction of sp³-hybridized carbons (Fsp3) is 0.429. The molecule has 1 aromatic heterocycles. The number of hydrogen-bond acceptors (Lipinski definition) is 5. The molecule has 1 fully saturated rings. The third-order valence-electron chi connectivity index (χ3n) is 5.25. The Hall–Kier alpha value is -2.56. The van der Waals surface area contributed by atoms with E-state index in [-0.39, 0.29) is 5.78 Å². The minimum absolute atomic E-state index is 0.118. The van der Waals surface area contributed by atoms with Gasteiger partial charge in [-0.15, -0.1) is 0 Å². The Labute approximate surface area is 152 Å². The van der Waals surface area contributed by atoms with Crippen LogP contribution in [0.1, 0.15) is 51.5 Å². The molecule has 26 heavy (non-hydrogen) atoms. The van der Waals surface area contributed by atoms with Gasteiger partial charge in [0.05, 0.1) is 11.1 Å². The average molecular weight is 353 g/mol. The van der Waals surface area contributed by atoms with Crippen molar-refractivity contribution in [2.75, 3.05) is 0 Å². The summed E-state index contributed by atoms with van der Waals surface area (Å²) in [6.07, 6.45) is 7.70. The lowest BCUT2D eigenvalue weighted by Crippen LogP contribution is -2.42. The fourth-order valence-electron chi connectivity index (χ4n) is 3.82. The molecule has 1 saturated carbocycles. The number of ketones is 1. The van der Waals surface area contributed by atoms with Crippen molar-refractivity contribution in [1.29, 1.82) is 0 Å². The Bertz CT molecular complexity index is 948. The Morgan fingerprint density at radius 2 is 1.81 bits per heavy atom.